The minimum atomic E-state index is -3.57. The Kier molecular flexibility index (Phi) is 8.06. The second-order valence-corrected chi connectivity index (χ2v) is 7.22. The minimum absolute atomic E-state index is 0. The van der Waals surface area contributed by atoms with Crippen molar-refractivity contribution in [3.8, 4) is 0 Å². The predicted octanol–water partition coefficient (Wildman–Crippen LogP) is 2.72. The van der Waals surface area contributed by atoms with Gasteiger partial charge in [0.1, 0.15) is 0 Å². The van der Waals surface area contributed by atoms with E-state index in [-0.39, 0.29) is 29.9 Å². The molecule has 3 N–H and O–H groups in total. The van der Waals surface area contributed by atoms with E-state index in [4.69, 9.17) is 17.3 Å². The average Bonchev–Trinajstić information content (AvgIpc) is 2.30. The lowest BCUT2D eigenvalue weighted by Gasteiger charge is -2.19. The molecule has 1 rings (SSSR count). The molecule has 1 atom stereocenters. The fourth-order valence-corrected chi connectivity index (χ4v) is 3.32. The summed E-state index contributed by atoms with van der Waals surface area (Å²) in [6, 6.07) is 4.44. The summed E-state index contributed by atoms with van der Waals surface area (Å²) in [5.74, 6) is 0.373. The molecule has 116 valence electrons. The van der Waals surface area contributed by atoms with Gasteiger partial charge in [-0.3, -0.25) is 0 Å². The largest absolute Gasteiger partial charge is 0.329 e. The molecule has 20 heavy (non-hydrogen) atoms. The minimum Gasteiger partial charge on any atom is -0.329 e. The lowest BCUT2D eigenvalue weighted by Crippen LogP contribution is -2.40. The maximum absolute atomic E-state index is 12.2. The smallest absolute Gasteiger partial charge is 0.240 e. The highest BCUT2D eigenvalue weighted by molar-refractivity contribution is 7.89. The molecule has 0 bridgehead atoms. The summed E-state index contributed by atoms with van der Waals surface area (Å²) < 4.78 is 27.1. The van der Waals surface area contributed by atoms with Crippen molar-refractivity contribution in [2.75, 3.05) is 6.54 Å². The number of nitrogens with one attached hydrogen (secondary N) is 1. The maximum Gasteiger partial charge on any atom is 0.240 e. The molecule has 7 heteroatoms. The van der Waals surface area contributed by atoms with E-state index in [0.29, 0.717) is 17.4 Å². The standard InChI is InChI=1S/C13H21ClN2O2S.ClH/c1-9(2)6-11(8-15)16-19(17,18)12-5-4-10(3)13(14)7-12;/h4-5,7,9,11,16H,6,8,15H2,1-3H3;1H. The summed E-state index contributed by atoms with van der Waals surface area (Å²) in [4.78, 5) is 0.172. The molecule has 0 aliphatic rings. The van der Waals surface area contributed by atoms with Crippen molar-refractivity contribution < 1.29 is 8.42 Å². The lowest BCUT2D eigenvalue weighted by molar-refractivity contribution is 0.465. The van der Waals surface area contributed by atoms with Gasteiger partial charge in [0.05, 0.1) is 4.90 Å². The van der Waals surface area contributed by atoms with Gasteiger partial charge in [-0.2, -0.15) is 0 Å². The van der Waals surface area contributed by atoms with Crippen LogP contribution in [0.1, 0.15) is 25.8 Å². The highest BCUT2D eigenvalue weighted by Crippen LogP contribution is 2.20. The summed E-state index contributed by atoms with van der Waals surface area (Å²) in [6.45, 7) is 6.16. The normalized spacial score (nSPS) is 13.1. The van der Waals surface area contributed by atoms with Crippen molar-refractivity contribution >= 4 is 34.0 Å². The highest BCUT2D eigenvalue weighted by atomic mass is 35.5. The van der Waals surface area contributed by atoms with Crippen LogP contribution >= 0.6 is 24.0 Å². The number of aryl methyl sites for hydroxylation is 1. The van der Waals surface area contributed by atoms with E-state index in [0.717, 1.165) is 5.56 Å². The van der Waals surface area contributed by atoms with E-state index in [1.807, 2.05) is 20.8 Å². The summed E-state index contributed by atoms with van der Waals surface area (Å²) >= 11 is 5.96. The van der Waals surface area contributed by atoms with E-state index < -0.39 is 10.0 Å². The molecule has 0 aromatic heterocycles. The first-order valence-corrected chi connectivity index (χ1v) is 8.11. The van der Waals surface area contributed by atoms with Crippen LogP contribution in [-0.2, 0) is 10.0 Å². The summed E-state index contributed by atoms with van der Waals surface area (Å²) in [7, 11) is -3.57. The molecular formula is C13H22Cl2N2O2S. The van der Waals surface area contributed by atoms with Gasteiger partial charge in [-0.05, 0) is 37.0 Å². The van der Waals surface area contributed by atoms with Crippen LogP contribution in [0.4, 0.5) is 0 Å². The number of sulfonamides is 1. The molecule has 0 saturated heterocycles. The Labute approximate surface area is 132 Å². The van der Waals surface area contributed by atoms with Crippen molar-refractivity contribution in [3.05, 3.63) is 28.8 Å². The van der Waals surface area contributed by atoms with Gasteiger partial charge in [0, 0.05) is 17.6 Å². The van der Waals surface area contributed by atoms with Gasteiger partial charge >= 0.3 is 0 Å². The lowest BCUT2D eigenvalue weighted by atomic mass is 10.1. The molecule has 0 aliphatic heterocycles. The van der Waals surface area contributed by atoms with Gasteiger partial charge in [-0.25, -0.2) is 13.1 Å². The number of hydrogen-bond acceptors (Lipinski definition) is 3. The second-order valence-electron chi connectivity index (χ2n) is 5.09. The van der Waals surface area contributed by atoms with Crippen molar-refractivity contribution in [3.63, 3.8) is 0 Å². The Hall–Kier alpha value is -0.330. The zero-order valence-electron chi connectivity index (χ0n) is 11.9. The molecule has 0 spiro atoms. The maximum atomic E-state index is 12.2. The van der Waals surface area contributed by atoms with E-state index in [1.54, 1.807) is 12.1 Å². The molecule has 0 amide bonds. The molecular weight excluding hydrogens is 319 g/mol. The van der Waals surface area contributed by atoms with Crippen LogP contribution in [0.5, 0.6) is 0 Å². The Bertz CT molecular complexity index is 533. The third kappa shape index (κ3) is 5.58. The molecule has 1 unspecified atom stereocenters. The van der Waals surface area contributed by atoms with E-state index in [1.165, 1.54) is 6.07 Å². The van der Waals surface area contributed by atoms with Gasteiger partial charge in [-0.15, -0.1) is 12.4 Å². The Morgan fingerprint density at radius 1 is 1.35 bits per heavy atom. The first-order chi connectivity index (χ1) is 8.76. The van der Waals surface area contributed by atoms with Crippen LogP contribution < -0.4 is 10.5 Å². The highest BCUT2D eigenvalue weighted by Gasteiger charge is 2.20. The molecule has 4 nitrogen and oxygen atoms in total. The zero-order valence-corrected chi connectivity index (χ0v) is 14.3. The molecule has 0 heterocycles. The number of nitrogens with two attached hydrogens (primary N) is 1. The third-order valence-electron chi connectivity index (χ3n) is 2.82. The SMILES string of the molecule is Cc1ccc(S(=O)(=O)NC(CN)CC(C)C)cc1Cl.Cl. The van der Waals surface area contributed by atoms with Crippen LogP contribution in [0.15, 0.2) is 23.1 Å². The van der Waals surface area contributed by atoms with E-state index >= 15 is 0 Å². The third-order valence-corrected chi connectivity index (χ3v) is 4.74. The van der Waals surface area contributed by atoms with Crippen LogP contribution in [-0.4, -0.2) is 21.0 Å². The van der Waals surface area contributed by atoms with E-state index in [2.05, 4.69) is 4.72 Å². The monoisotopic (exact) mass is 340 g/mol. The number of halogens is 2. The predicted molar refractivity (Wildman–Crippen MR) is 86.1 cm³/mol. The molecule has 1 aromatic carbocycles. The fraction of sp³-hybridized carbons (Fsp3) is 0.538. The van der Waals surface area contributed by atoms with Crippen molar-refractivity contribution in [1.29, 1.82) is 0 Å². The van der Waals surface area contributed by atoms with Crippen LogP contribution in [0.2, 0.25) is 5.02 Å². The zero-order chi connectivity index (χ0) is 14.6. The summed E-state index contributed by atoms with van der Waals surface area (Å²) in [5.41, 5.74) is 6.45. The van der Waals surface area contributed by atoms with Gasteiger partial charge in [-0.1, -0.05) is 31.5 Å². The van der Waals surface area contributed by atoms with Gasteiger partial charge in [0.15, 0.2) is 0 Å². The summed E-state index contributed by atoms with van der Waals surface area (Å²) in [6.07, 6.45) is 0.704. The Balaban J connectivity index is 0.00000361. The first kappa shape index (κ1) is 19.7. The molecule has 0 radical (unpaired) electrons. The summed E-state index contributed by atoms with van der Waals surface area (Å²) in [5, 5.41) is 0.441. The molecule has 0 fully saturated rings. The quantitative estimate of drug-likeness (QED) is 0.836. The molecule has 1 aromatic rings. The van der Waals surface area contributed by atoms with Gasteiger partial charge < -0.3 is 5.73 Å². The Morgan fingerprint density at radius 3 is 2.40 bits per heavy atom. The first-order valence-electron chi connectivity index (χ1n) is 6.24. The van der Waals surface area contributed by atoms with Crippen LogP contribution in [0.3, 0.4) is 0 Å². The van der Waals surface area contributed by atoms with Crippen LogP contribution in [0.25, 0.3) is 0 Å². The Morgan fingerprint density at radius 2 is 1.95 bits per heavy atom. The van der Waals surface area contributed by atoms with Crippen molar-refractivity contribution in [2.24, 2.45) is 11.7 Å². The van der Waals surface area contributed by atoms with Crippen LogP contribution in [0, 0.1) is 12.8 Å². The van der Waals surface area contributed by atoms with Gasteiger partial charge in [0.25, 0.3) is 0 Å². The average molecular weight is 341 g/mol. The molecule has 0 saturated carbocycles. The number of rotatable bonds is 6. The molecule has 0 aliphatic carbocycles. The van der Waals surface area contributed by atoms with Crippen molar-refractivity contribution in [2.45, 2.75) is 38.1 Å². The topological polar surface area (TPSA) is 72.2 Å². The number of benzene rings is 1. The van der Waals surface area contributed by atoms with Crippen molar-refractivity contribution in [1.82, 2.24) is 4.72 Å². The fourth-order valence-electron chi connectivity index (χ4n) is 1.79. The van der Waals surface area contributed by atoms with Gasteiger partial charge in [0.2, 0.25) is 10.0 Å². The number of hydrogen-bond donors (Lipinski definition) is 2. The van der Waals surface area contributed by atoms with E-state index in [9.17, 15) is 8.42 Å². The second kappa shape index (κ2) is 8.20.